The molecule has 0 unspecified atom stereocenters. The molecule has 0 aliphatic heterocycles. The van der Waals surface area contributed by atoms with Crippen LogP contribution in [0.4, 0.5) is 0 Å². The number of aliphatic hydroxyl groups is 1. The molecule has 0 spiro atoms. The van der Waals surface area contributed by atoms with E-state index in [1.807, 2.05) is 0 Å². The van der Waals surface area contributed by atoms with E-state index in [2.05, 4.69) is 27.1 Å². The number of thiophene rings is 1. The van der Waals surface area contributed by atoms with Crippen molar-refractivity contribution in [2.75, 3.05) is 6.54 Å². The highest BCUT2D eigenvalue weighted by Gasteiger charge is 2.10. The molecule has 4 nitrogen and oxygen atoms in total. The van der Waals surface area contributed by atoms with Gasteiger partial charge in [0.1, 0.15) is 5.75 Å². The molecular weight excluding hydrogens is 260 g/mol. The van der Waals surface area contributed by atoms with Gasteiger partial charge in [0.15, 0.2) is 0 Å². The second-order valence-electron chi connectivity index (χ2n) is 4.41. The maximum absolute atomic E-state index is 9.98. The zero-order valence-corrected chi connectivity index (χ0v) is 11.7. The van der Waals surface area contributed by atoms with Gasteiger partial charge in [0, 0.05) is 23.9 Å². The summed E-state index contributed by atoms with van der Waals surface area (Å²) in [6.07, 6.45) is 2.58. The second kappa shape index (κ2) is 6.65. The van der Waals surface area contributed by atoms with Crippen molar-refractivity contribution in [3.05, 3.63) is 45.4 Å². The van der Waals surface area contributed by atoms with Gasteiger partial charge < -0.3 is 15.5 Å². The number of aromatic hydroxyl groups is 1. The fourth-order valence-corrected chi connectivity index (χ4v) is 2.60. The van der Waals surface area contributed by atoms with Crippen molar-refractivity contribution < 1.29 is 10.2 Å². The average molecular weight is 278 g/mol. The smallest absolute Gasteiger partial charge is 0.141 e. The van der Waals surface area contributed by atoms with Gasteiger partial charge in [-0.3, -0.25) is 4.98 Å². The third kappa shape index (κ3) is 3.53. The summed E-state index contributed by atoms with van der Waals surface area (Å²) in [5, 5.41) is 26.7. The summed E-state index contributed by atoms with van der Waals surface area (Å²) in [5.74, 6) is 0.176. The topological polar surface area (TPSA) is 65.4 Å². The Bertz CT molecular complexity index is 526. The summed E-state index contributed by atoms with van der Waals surface area (Å²) in [6.45, 7) is 3.02. The van der Waals surface area contributed by atoms with Crippen LogP contribution in [0, 0.1) is 6.92 Å². The lowest BCUT2D eigenvalue weighted by atomic mass is 10.1. The number of nitrogens with zero attached hydrogens (tertiary/aromatic N) is 1. The van der Waals surface area contributed by atoms with Gasteiger partial charge >= 0.3 is 0 Å². The third-order valence-corrected chi connectivity index (χ3v) is 3.80. The van der Waals surface area contributed by atoms with Crippen LogP contribution in [0.2, 0.25) is 0 Å². The van der Waals surface area contributed by atoms with E-state index >= 15 is 0 Å². The van der Waals surface area contributed by atoms with Crippen LogP contribution >= 0.6 is 11.3 Å². The van der Waals surface area contributed by atoms with Gasteiger partial charge in [-0.15, -0.1) is 0 Å². The highest BCUT2D eigenvalue weighted by atomic mass is 32.1. The first-order chi connectivity index (χ1) is 9.22. The van der Waals surface area contributed by atoms with E-state index in [4.69, 9.17) is 0 Å². The Kier molecular flexibility index (Phi) is 4.90. The van der Waals surface area contributed by atoms with Gasteiger partial charge in [0.25, 0.3) is 0 Å². The first kappa shape index (κ1) is 14.0. The molecule has 2 rings (SSSR count). The molecule has 2 aromatic heterocycles. The quantitative estimate of drug-likeness (QED) is 0.707. The minimum atomic E-state index is -0.109. The minimum Gasteiger partial charge on any atom is -0.506 e. The normalized spacial score (nSPS) is 10.8. The van der Waals surface area contributed by atoms with E-state index in [1.165, 1.54) is 5.56 Å². The van der Waals surface area contributed by atoms with Crippen LogP contribution < -0.4 is 5.32 Å². The van der Waals surface area contributed by atoms with Gasteiger partial charge in [-0.25, -0.2) is 0 Å². The van der Waals surface area contributed by atoms with Crippen LogP contribution in [0.15, 0.2) is 23.0 Å². The van der Waals surface area contributed by atoms with Crippen molar-refractivity contribution in [1.82, 2.24) is 10.3 Å². The molecule has 0 amide bonds. The van der Waals surface area contributed by atoms with Crippen LogP contribution in [0.5, 0.6) is 5.75 Å². The summed E-state index contributed by atoms with van der Waals surface area (Å²) < 4.78 is 0. The minimum absolute atomic E-state index is 0.109. The maximum Gasteiger partial charge on any atom is 0.141 e. The molecule has 2 heterocycles. The monoisotopic (exact) mass is 278 g/mol. The second-order valence-corrected chi connectivity index (χ2v) is 5.19. The highest BCUT2D eigenvalue weighted by molar-refractivity contribution is 7.07. The Morgan fingerprint density at radius 1 is 1.42 bits per heavy atom. The molecule has 0 aromatic carbocycles. The van der Waals surface area contributed by atoms with Crippen LogP contribution in [0.1, 0.15) is 22.4 Å². The molecule has 3 N–H and O–H groups in total. The number of pyridine rings is 1. The summed E-state index contributed by atoms with van der Waals surface area (Å²) in [6, 6.07) is 2.11. The van der Waals surface area contributed by atoms with Crippen molar-refractivity contribution in [2.45, 2.75) is 26.5 Å². The highest BCUT2D eigenvalue weighted by Crippen LogP contribution is 2.23. The zero-order chi connectivity index (χ0) is 13.7. The number of nitrogens with one attached hydrogen (secondary N) is 1. The molecule has 0 saturated heterocycles. The summed E-state index contributed by atoms with van der Waals surface area (Å²) in [5.41, 5.74) is 3.31. The molecule has 5 heteroatoms. The summed E-state index contributed by atoms with van der Waals surface area (Å²) >= 11 is 1.70. The molecule has 102 valence electrons. The third-order valence-electron chi connectivity index (χ3n) is 3.07. The van der Waals surface area contributed by atoms with E-state index in [0.717, 1.165) is 18.5 Å². The Hall–Kier alpha value is -1.43. The number of aliphatic hydroxyl groups excluding tert-OH is 1. The SMILES string of the molecule is Cc1ncc(CO)c(CNCCc2ccsc2)c1O. The molecule has 0 aliphatic rings. The van der Waals surface area contributed by atoms with Crippen molar-refractivity contribution in [3.63, 3.8) is 0 Å². The molecule has 0 saturated carbocycles. The largest absolute Gasteiger partial charge is 0.506 e. The van der Waals surface area contributed by atoms with Gasteiger partial charge in [-0.05, 0) is 42.3 Å². The predicted octanol–water partition coefficient (Wildman–Crippen LogP) is 1.98. The number of aryl methyl sites for hydroxylation is 1. The van der Waals surface area contributed by atoms with E-state index in [-0.39, 0.29) is 12.4 Å². The lowest BCUT2D eigenvalue weighted by Crippen LogP contribution is -2.18. The van der Waals surface area contributed by atoms with Crippen LogP contribution in [0.3, 0.4) is 0 Å². The van der Waals surface area contributed by atoms with Crippen LogP contribution in [-0.2, 0) is 19.6 Å². The number of hydrogen-bond donors (Lipinski definition) is 3. The fourth-order valence-electron chi connectivity index (χ4n) is 1.90. The van der Waals surface area contributed by atoms with Crippen molar-refractivity contribution >= 4 is 11.3 Å². The van der Waals surface area contributed by atoms with Crippen molar-refractivity contribution in [3.8, 4) is 5.75 Å². The first-order valence-corrected chi connectivity index (χ1v) is 7.15. The van der Waals surface area contributed by atoms with Gasteiger partial charge in [0.2, 0.25) is 0 Å². The molecule has 0 fully saturated rings. The molecule has 2 aromatic rings. The Labute approximate surface area is 116 Å². The van der Waals surface area contributed by atoms with Gasteiger partial charge in [0.05, 0.1) is 12.3 Å². The maximum atomic E-state index is 9.98. The molecule has 0 atom stereocenters. The first-order valence-electron chi connectivity index (χ1n) is 6.21. The van der Waals surface area contributed by atoms with E-state index in [9.17, 15) is 10.2 Å². The van der Waals surface area contributed by atoms with Crippen molar-refractivity contribution in [2.24, 2.45) is 0 Å². The molecular formula is C14H18N2O2S. The van der Waals surface area contributed by atoms with Gasteiger partial charge in [-0.1, -0.05) is 0 Å². The Morgan fingerprint density at radius 3 is 2.95 bits per heavy atom. The zero-order valence-electron chi connectivity index (χ0n) is 10.9. The molecule has 19 heavy (non-hydrogen) atoms. The lowest BCUT2D eigenvalue weighted by Gasteiger charge is -2.12. The Morgan fingerprint density at radius 2 is 2.26 bits per heavy atom. The summed E-state index contributed by atoms with van der Waals surface area (Å²) in [4.78, 5) is 4.04. The fraction of sp³-hybridized carbons (Fsp3) is 0.357. The van der Waals surface area contributed by atoms with Crippen LogP contribution in [-0.4, -0.2) is 21.7 Å². The average Bonchev–Trinajstić information content (AvgIpc) is 2.92. The Balaban J connectivity index is 1.93. The standard InChI is InChI=1S/C14H18N2O2S/c1-10-14(18)13(12(8-17)6-16-10)7-15-4-2-11-3-5-19-9-11/h3,5-6,9,15,17-18H,2,4,7-8H2,1H3. The van der Waals surface area contributed by atoms with E-state index in [1.54, 1.807) is 24.5 Å². The number of rotatable bonds is 6. The summed E-state index contributed by atoms with van der Waals surface area (Å²) in [7, 11) is 0. The van der Waals surface area contributed by atoms with E-state index < -0.39 is 0 Å². The lowest BCUT2D eigenvalue weighted by molar-refractivity contribution is 0.278. The number of aromatic nitrogens is 1. The molecule has 0 bridgehead atoms. The molecule has 0 radical (unpaired) electrons. The van der Waals surface area contributed by atoms with Gasteiger partial charge in [-0.2, -0.15) is 11.3 Å². The number of hydrogen-bond acceptors (Lipinski definition) is 5. The predicted molar refractivity (Wildman–Crippen MR) is 76.3 cm³/mol. The van der Waals surface area contributed by atoms with Crippen LogP contribution in [0.25, 0.3) is 0 Å². The van der Waals surface area contributed by atoms with Crippen molar-refractivity contribution in [1.29, 1.82) is 0 Å². The van der Waals surface area contributed by atoms with E-state index in [0.29, 0.717) is 17.8 Å². The molecule has 0 aliphatic carbocycles.